The highest BCUT2D eigenvalue weighted by Gasteiger charge is 2.25. The van der Waals surface area contributed by atoms with E-state index in [1.807, 2.05) is 0 Å². The molecule has 1 aromatic rings. The van der Waals surface area contributed by atoms with Gasteiger partial charge in [0.1, 0.15) is 6.04 Å². The summed E-state index contributed by atoms with van der Waals surface area (Å²) in [5, 5.41) is 12.6. The number of nitrogens with zero attached hydrogens (tertiary/aromatic N) is 3. The van der Waals surface area contributed by atoms with Crippen LogP contribution in [0.5, 0.6) is 0 Å². The van der Waals surface area contributed by atoms with Gasteiger partial charge in [-0.25, -0.2) is 4.79 Å². The minimum atomic E-state index is -1.08. The Bertz CT molecular complexity index is 435. The molecule has 1 atom stereocenters. The van der Waals surface area contributed by atoms with E-state index in [2.05, 4.69) is 5.10 Å². The molecule has 1 aromatic heterocycles. The van der Waals surface area contributed by atoms with Crippen LogP contribution < -0.4 is 0 Å². The number of carboxylic acid groups (broad SMARTS) is 1. The summed E-state index contributed by atoms with van der Waals surface area (Å²) in [4.78, 5) is 24.5. The second-order valence-corrected chi connectivity index (χ2v) is 4.19. The van der Waals surface area contributed by atoms with Crippen molar-refractivity contribution in [3.8, 4) is 0 Å². The van der Waals surface area contributed by atoms with E-state index in [1.54, 1.807) is 11.8 Å². The molecule has 1 amide bonds. The van der Waals surface area contributed by atoms with E-state index in [9.17, 15) is 9.59 Å². The van der Waals surface area contributed by atoms with Gasteiger partial charge in [0.05, 0.1) is 0 Å². The predicted molar refractivity (Wildman–Crippen MR) is 59.7 cm³/mol. The van der Waals surface area contributed by atoms with Crippen molar-refractivity contribution < 1.29 is 14.7 Å². The third kappa shape index (κ3) is 2.30. The molecule has 1 saturated heterocycles. The van der Waals surface area contributed by atoms with Crippen LogP contribution in [0.1, 0.15) is 36.3 Å². The Balaban J connectivity index is 2.09. The van der Waals surface area contributed by atoms with Crippen molar-refractivity contribution in [2.24, 2.45) is 0 Å². The van der Waals surface area contributed by atoms with Gasteiger partial charge in [-0.15, -0.1) is 0 Å². The van der Waals surface area contributed by atoms with Crippen molar-refractivity contribution in [1.82, 2.24) is 14.7 Å². The number of rotatable bonds is 3. The van der Waals surface area contributed by atoms with E-state index in [1.165, 1.54) is 16.9 Å². The van der Waals surface area contributed by atoms with Gasteiger partial charge in [-0.05, 0) is 25.8 Å². The molecule has 0 radical (unpaired) electrons. The minimum absolute atomic E-state index is 0.00235. The molecule has 2 rings (SSSR count). The maximum Gasteiger partial charge on any atom is 0.356 e. The fraction of sp³-hybridized carbons (Fsp3) is 0.545. The molecule has 92 valence electrons. The third-order valence-corrected chi connectivity index (χ3v) is 3.00. The zero-order chi connectivity index (χ0) is 12.4. The summed E-state index contributed by atoms with van der Waals surface area (Å²) in [6.45, 7) is 3.31. The number of amides is 1. The van der Waals surface area contributed by atoms with Crippen molar-refractivity contribution >= 4 is 11.9 Å². The molecule has 0 unspecified atom stereocenters. The van der Waals surface area contributed by atoms with Gasteiger partial charge >= 0.3 is 5.97 Å². The Morgan fingerprint density at radius 1 is 1.41 bits per heavy atom. The van der Waals surface area contributed by atoms with E-state index in [0.717, 1.165) is 25.9 Å². The largest absolute Gasteiger partial charge is 0.476 e. The number of aromatic carboxylic acids is 1. The normalized spacial score (nSPS) is 17.1. The molecular formula is C11H15N3O3. The van der Waals surface area contributed by atoms with Crippen molar-refractivity contribution in [3.05, 3.63) is 18.0 Å². The number of carbonyl (C=O) groups is 2. The number of hydrogen-bond acceptors (Lipinski definition) is 3. The lowest BCUT2D eigenvalue weighted by Crippen LogP contribution is -2.34. The number of carboxylic acids is 1. The smallest absolute Gasteiger partial charge is 0.356 e. The average Bonchev–Trinajstić information content (AvgIpc) is 2.97. The quantitative estimate of drug-likeness (QED) is 0.842. The van der Waals surface area contributed by atoms with Gasteiger partial charge in [0, 0.05) is 19.3 Å². The summed E-state index contributed by atoms with van der Waals surface area (Å²) in [5.41, 5.74) is -0.0360. The second-order valence-electron chi connectivity index (χ2n) is 4.19. The first kappa shape index (κ1) is 11.6. The average molecular weight is 237 g/mol. The van der Waals surface area contributed by atoms with Crippen LogP contribution in [-0.2, 0) is 4.79 Å². The van der Waals surface area contributed by atoms with Crippen molar-refractivity contribution in [3.63, 3.8) is 0 Å². The van der Waals surface area contributed by atoms with Crippen LogP contribution >= 0.6 is 0 Å². The van der Waals surface area contributed by atoms with E-state index in [0.29, 0.717) is 0 Å². The Morgan fingerprint density at radius 2 is 2.06 bits per heavy atom. The molecule has 0 bridgehead atoms. The van der Waals surface area contributed by atoms with Crippen LogP contribution in [0, 0.1) is 0 Å². The lowest BCUT2D eigenvalue weighted by molar-refractivity contribution is -0.133. The molecule has 0 saturated carbocycles. The third-order valence-electron chi connectivity index (χ3n) is 3.00. The Morgan fingerprint density at radius 3 is 2.59 bits per heavy atom. The zero-order valence-electron chi connectivity index (χ0n) is 9.67. The highest BCUT2D eigenvalue weighted by Crippen LogP contribution is 2.15. The van der Waals surface area contributed by atoms with Crippen LogP contribution in [0.15, 0.2) is 12.3 Å². The molecule has 1 N–H and O–H groups in total. The zero-order valence-corrected chi connectivity index (χ0v) is 9.67. The summed E-state index contributed by atoms with van der Waals surface area (Å²) in [7, 11) is 0. The van der Waals surface area contributed by atoms with Crippen LogP contribution in [0.25, 0.3) is 0 Å². The first-order chi connectivity index (χ1) is 8.09. The molecule has 17 heavy (non-hydrogen) atoms. The van der Waals surface area contributed by atoms with Gasteiger partial charge < -0.3 is 10.0 Å². The minimum Gasteiger partial charge on any atom is -0.476 e. The van der Waals surface area contributed by atoms with E-state index in [-0.39, 0.29) is 11.6 Å². The summed E-state index contributed by atoms with van der Waals surface area (Å²) >= 11 is 0. The number of aromatic nitrogens is 2. The van der Waals surface area contributed by atoms with Crippen molar-refractivity contribution in [1.29, 1.82) is 0 Å². The molecule has 6 heteroatoms. The number of carbonyl (C=O) groups excluding carboxylic acids is 1. The summed E-state index contributed by atoms with van der Waals surface area (Å²) < 4.78 is 1.41. The second kappa shape index (κ2) is 4.57. The van der Waals surface area contributed by atoms with Gasteiger partial charge in [-0.1, -0.05) is 0 Å². The van der Waals surface area contributed by atoms with Gasteiger partial charge in [-0.2, -0.15) is 5.10 Å². The first-order valence-electron chi connectivity index (χ1n) is 5.67. The molecule has 0 aromatic carbocycles. The Hall–Kier alpha value is -1.85. The molecule has 1 fully saturated rings. The molecule has 1 aliphatic heterocycles. The topological polar surface area (TPSA) is 75.4 Å². The first-order valence-corrected chi connectivity index (χ1v) is 5.67. The molecule has 6 nitrogen and oxygen atoms in total. The number of likely N-dealkylation sites (tertiary alicyclic amines) is 1. The van der Waals surface area contributed by atoms with Gasteiger partial charge in [0.15, 0.2) is 5.69 Å². The maximum atomic E-state index is 12.0. The predicted octanol–water partition coefficient (Wildman–Crippen LogP) is 0.765. The molecule has 1 aliphatic rings. The summed E-state index contributed by atoms with van der Waals surface area (Å²) in [5.74, 6) is -1.08. The lowest BCUT2D eigenvalue weighted by Gasteiger charge is -2.20. The highest BCUT2D eigenvalue weighted by atomic mass is 16.4. The van der Waals surface area contributed by atoms with Gasteiger partial charge in [0.25, 0.3) is 0 Å². The fourth-order valence-electron chi connectivity index (χ4n) is 1.98. The Labute approximate surface area is 98.8 Å². The van der Waals surface area contributed by atoms with Crippen molar-refractivity contribution in [2.75, 3.05) is 13.1 Å². The summed E-state index contributed by atoms with van der Waals surface area (Å²) in [6.07, 6.45) is 3.61. The summed E-state index contributed by atoms with van der Waals surface area (Å²) in [6, 6.07) is 0.956. The molecule has 0 aliphatic carbocycles. The Kier molecular flexibility index (Phi) is 3.12. The molecule has 0 spiro atoms. The van der Waals surface area contributed by atoms with E-state index in [4.69, 9.17) is 5.11 Å². The monoisotopic (exact) mass is 237 g/mol. The van der Waals surface area contributed by atoms with Crippen LogP contribution in [0.4, 0.5) is 0 Å². The number of hydrogen-bond donors (Lipinski definition) is 1. The highest BCUT2D eigenvalue weighted by molar-refractivity contribution is 5.85. The van der Waals surface area contributed by atoms with E-state index < -0.39 is 12.0 Å². The van der Waals surface area contributed by atoms with Crippen LogP contribution in [0.3, 0.4) is 0 Å². The van der Waals surface area contributed by atoms with Crippen LogP contribution in [-0.4, -0.2) is 44.8 Å². The molecule has 2 heterocycles. The lowest BCUT2D eigenvalue weighted by atomic mass is 10.3. The fourth-order valence-corrected chi connectivity index (χ4v) is 1.98. The van der Waals surface area contributed by atoms with Crippen molar-refractivity contribution in [2.45, 2.75) is 25.8 Å². The SMILES string of the molecule is C[C@H](C(=O)N1CCCC1)n1ccc(C(=O)O)n1. The maximum absolute atomic E-state index is 12.0. The van der Waals surface area contributed by atoms with E-state index >= 15 is 0 Å². The van der Waals surface area contributed by atoms with Gasteiger partial charge in [-0.3, -0.25) is 9.48 Å². The van der Waals surface area contributed by atoms with Gasteiger partial charge in [0.2, 0.25) is 5.91 Å². The standard InChI is InChI=1S/C11H15N3O3/c1-8(10(15)13-5-2-3-6-13)14-7-4-9(12-14)11(16)17/h4,7-8H,2-3,5-6H2,1H3,(H,16,17)/t8-/m1/s1. The van der Waals surface area contributed by atoms with Crippen LogP contribution in [0.2, 0.25) is 0 Å². The molecular weight excluding hydrogens is 222 g/mol.